The van der Waals surface area contributed by atoms with Crippen molar-refractivity contribution >= 4 is 29.0 Å². The Kier molecular flexibility index (Phi) is 4.38. The summed E-state index contributed by atoms with van der Waals surface area (Å²) in [7, 11) is 0. The van der Waals surface area contributed by atoms with Crippen molar-refractivity contribution in [3.05, 3.63) is 33.6 Å². The molecule has 0 radical (unpaired) electrons. The number of carbonyl (C=O) groups excluding carboxylic acids is 1. The second kappa shape index (κ2) is 6.01. The molecule has 0 atom stereocenters. The van der Waals surface area contributed by atoms with Gasteiger partial charge in [0.15, 0.2) is 0 Å². The fourth-order valence-electron chi connectivity index (χ4n) is 1.35. The lowest BCUT2D eigenvalue weighted by Crippen LogP contribution is -2.22. The van der Waals surface area contributed by atoms with E-state index in [1.165, 1.54) is 0 Å². The number of nitrogens with zero attached hydrogens (tertiary/aromatic N) is 2. The van der Waals surface area contributed by atoms with E-state index in [-0.39, 0.29) is 11.7 Å². The highest BCUT2D eigenvalue weighted by Gasteiger charge is 2.11. The fraction of sp³-hybridized carbons (Fsp3) is 0.364. The molecule has 1 amide bonds. The number of aromatic nitrogens is 2. The van der Waals surface area contributed by atoms with E-state index in [0.29, 0.717) is 12.2 Å². The van der Waals surface area contributed by atoms with E-state index in [1.807, 2.05) is 11.6 Å². The second-order valence-electron chi connectivity index (χ2n) is 3.68. The van der Waals surface area contributed by atoms with Gasteiger partial charge in [-0.2, -0.15) is 11.8 Å². The van der Waals surface area contributed by atoms with Crippen molar-refractivity contribution in [1.82, 2.24) is 15.5 Å². The molecule has 5 nitrogen and oxygen atoms in total. The van der Waals surface area contributed by atoms with E-state index in [2.05, 4.69) is 15.5 Å². The normalized spacial score (nSPS) is 10.6. The number of hydrogen-bond acceptors (Lipinski definition) is 6. The van der Waals surface area contributed by atoms with Crippen molar-refractivity contribution < 1.29 is 9.32 Å². The molecule has 0 bridgehead atoms. The summed E-state index contributed by atoms with van der Waals surface area (Å²) < 4.78 is 4.88. The van der Waals surface area contributed by atoms with Gasteiger partial charge in [-0.1, -0.05) is 5.16 Å². The molecule has 2 aromatic rings. The number of thioether (sulfide) groups is 1. The molecule has 96 valence electrons. The number of aryl methyl sites for hydroxylation is 1. The van der Waals surface area contributed by atoms with Crippen LogP contribution >= 0.6 is 23.1 Å². The second-order valence-corrected chi connectivity index (χ2v) is 5.49. The summed E-state index contributed by atoms with van der Waals surface area (Å²) >= 11 is 3.34. The Hall–Kier alpha value is -1.34. The SMILES string of the molecule is CSCc1nc(CNC(=O)c2cc(C)no2)cs1. The quantitative estimate of drug-likeness (QED) is 0.911. The number of nitrogens with one attached hydrogen (secondary N) is 1. The highest BCUT2D eigenvalue weighted by atomic mass is 32.2. The summed E-state index contributed by atoms with van der Waals surface area (Å²) in [6.45, 7) is 2.18. The summed E-state index contributed by atoms with van der Waals surface area (Å²) in [5.41, 5.74) is 1.56. The van der Waals surface area contributed by atoms with Crippen LogP contribution in [-0.2, 0) is 12.3 Å². The van der Waals surface area contributed by atoms with Crippen molar-refractivity contribution in [2.45, 2.75) is 19.2 Å². The first-order valence-corrected chi connectivity index (χ1v) is 7.60. The topological polar surface area (TPSA) is 68.0 Å². The van der Waals surface area contributed by atoms with Crippen molar-refractivity contribution in [2.75, 3.05) is 6.26 Å². The Morgan fingerprint density at radius 3 is 3.11 bits per heavy atom. The molecule has 0 saturated heterocycles. The molecule has 18 heavy (non-hydrogen) atoms. The third-order valence-electron chi connectivity index (χ3n) is 2.15. The van der Waals surface area contributed by atoms with Gasteiger partial charge >= 0.3 is 0 Å². The van der Waals surface area contributed by atoms with E-state index < -0.39 is 0 Å². The van der Waals surface area contributed by atoms with Crippen LogP contribution in [0, 0.1) is 6.92 Å². The highest BCUT2D eigenvalue weighted by molar-refractivity contribution is 7.97. The molecule has 0 aliphatic rings. The standard InChI is InChI=1S/C11H13N3O2S2/c1-7-3-9(16-14-7)11(15)12-4-8-5-18-10(13-8)6-17-2/h3,5H,4,6H2,1-2H3,(H,12,15). The molecule has 0 spiro atoms. The van der Waals surface area contributed by atoms with Crippen molar-refractivity contribution in [3.63, 3.8) is 0 Å². The summed E-state index contributed by atoms with van der Waals surface area (Å²) in [6, 6.07) is 1.61. The predicted molar refractivity (Wildman–Crippen MR) is 71.7 cm³/mol. The lowest BCUT2D eigenvalue weighted by Gasteiger charge is -1.98. The van der Waals surface area contributed by atoms with E-state index >= 15 is 0 Å². The van der Waals surface area contributed by atoms with E-state index in [9.17, 15) is 4.79 Å². The van der Waals surface area contributed by atoms with Gasteiger partial charge in [0.25, 0.3) is 5.91 Å². The average Bonchev–Trinajstić information content (AvgIpc) is 2.96. The van der Waals surface area contributed by atoms with Crippen molar-refractivity contribution in [1.29, 1.82) is 0 Å². The van der Waals surface area contributed by atoms with E-state index in [1.54, 1.807) is 36.1 Å². The number of hydrogen-bond donors (Lipinski definition) is 1. The summed E-state index contributed by atoms with van der Waals surface area (Å²) in [5.74, 6) is 0.863. The van der Waals surface area contributed by atoms with Gasteiger partial charge in [0.05, 0.1) is 17.9 Å². The maximum absolute atomic E-state index is 11.7. The average molecular weight is 283 g/mol. The molecular formula is C11H13N3O2S2. The molecule has 2 heterocycles. The Bertz CT molecular complexity index is 536. The zero-order valence-electron chi connectivity index (χ0n) is 10.1. The molecule has 0 aliphatic heterocycles. The summed E-state index contributed by atoms with van der Waals surface area (Å²) in [6.07, 6.45) is 2.04. The van der Waals surface area contributed by atoms with Gasteiger partial charge in [-0.3, -0.25) is 4.79 Å². The minimum Gasteiger partial charge on any atom is -0.351 e. The van der Waals surface area contributed by atoms with Gasteiger partial charge in [-0.05, 0) is 13.2 Å². The molecule has 0 fully saturated rings. The van der Waals surface area contributed by atoms with Gasteiger partial charge in [0.1, 0.15) is 5.01 Å². The Balaban J connectivity index is 1.88. The van der Waals surface area contributed by atoms with Crippen LogP contribution in [0.5, 0.6) is 0 Å². The molecule has 0 saturated carbocycles. The fourth-order valence-corrected chi connectivity index (χ4v) is 2.86. The number of thiazole rings is 1. The van der Waals surface area contributed by atoms with Gasteiger partial charge in [-0.15, -0.1) is 11.3 Å². The van der Waals surface area contributed by atoms with Gasteiger partial charge < -0.3 is 9.84 Å². The Labute approximate surface area is 113 Å². The lowest BCUT2D eigenvalue weighted by molar-refractivity contribution is 0.0913. The van der Waals surface area contributed by atoms with E-state index in [4.69, 9.17) is 4.52 Å². The first-order valence-electron chi connectivity index (χ1n) is 5.33. The maximum atomic E-state index is 11.7. The summed E-state index contributed by atoms with van der Waals surface area (Å²) in [5, 5.41) is 9.45. The van der Waals surface area contributed by atoms with Crippen LogP contribution in [0.2, 0.25) is 0 Å². The predicted octanol–water partition coefficient (Wildman–Crippen LogP) is 2.23. The van der Waals surface area contributed by atoms with Gasteiger partial charge in [0.2, 0.25) is 5.76 Å². The van der Waals surface area contributed by atoms with E-state index in [0.717, 1.165) is 16.5 Å². The number of carbonyl (C=O) groups is 1. The largest absolute Gasteiger partial charge is 0.351 e. The van der Waals surface area contributed by atoms with Crippen molar-refractivity contribution in [2.24, 2.45) is 0 Å². The first kappa shape index (κ1) is 13.1. The molecule has 0 unspecified atom stereocenters. The van der Waals surface area contributed by atoms with Crippen LogP contribution in [-0.4, -0.2) is 22.3 Å². The third kappa shape index (κ3) is 3.33. The Morgan fingerprint density at radius 2 is 2.44 bits per heavy atom. The smallest absolute Gasteiger partial charge is 0.290 e. The van der Waals surface area contributed by atoms with Crippen LogP contribution in [0.3, 0.4) is 0 Å². The lowest BCUT2D eigenvalue weighted by atomic mass is 10.3. The molecule has 1 N–H and O–H groups in total. The molecule has 2 rings (SSSR count). The van der Waals surface area contributed by atoms with Crippen LogP contribution in [0.4, 0.5) is 0 Å². The summed E-state index contributed by atoms with van der Waals surface area (Å²) in [4.78, 5) is 16.1. The zero-order chi connectivity index (χ0) is 13.0. The highest BCUT2D eigenvalue weighted by Crippen LogP contribution is 2.15. The third-order valence-corrected chi connectivity index (χ3v) is 3.79. The Morgan fingerprint density at radius 1 is 1.61 bits per heavy atom. The minimum atomic E-state index is -0.269. The molecule has 0 aromatic carbocycles. The number of rotatable bonds is 5. The van der Waals surface area contributed by atoms with Gasteiger partial charge in [0, 0.05) is 17.2 Å². The molecule has 0 aliphatic carbocycles. The first-order chi connectivity index (χ1) is 8.69. The maximum Gasteiger partial charge on any atom is 0.290 e. The van der Waals surface area contributed by atoms with Crippen molar-refractivity contribution in [3.8, 4) is 0 Å². The molecular weight excluding hydrogens is 270 g/mol. The monoisotopic (exact) mass is 283 g/mol. The van der Waals surface area contributed by atoms with Crippen LogP contribution < -0.4 is 5.32 Å². The molecule has 2 aromatic heterocycles. The van der Waals surface area contributed by atoms with Crippen LogP contribution in [0.15, 0.2) is 16.0 Å². The minimum absolute atomic E-state index is 0.229. The zero-order valence-corrected chi connectivity index (χ0v) is 11.7. The molecule has 7 heteroatoms. The van der Waals surface area contributed by atoms with Crippen LogP contribution in [0.25, 0.3) is 0 Å². The van der Waals surface area contributed by atoms with Crippen LogP contribution in [0.1, 0.15) is 27.0 Å². The number of amides is 1. The van der Waals surface area contributed by atoms with Gasteiger partial charge in [-0.25, -0.2) is 4.98 Å².